The Bertz CT molecular complexity index is 606. The minimum Gasteiger partial charge on any atom is -0.385 e. The van der Waals surface area contributed by atoms with Crippen LogP contribution in [0.2, 0.25) is 0 Å². The molecule has 0 spiro atoms. The van der Waals surface area contributed by atoms with Crippen molar-refractivity contribution in [3.8, 4) is 0 Å². The van der Waals surface area contributed by atoms with Crippen LogP contribution in [-0.4, -0.2) is 12.3 Å². The lowest BCUT2D eigenvalue weighted by atomic mass is 9.99. The first-order valence-corrected chi connectivity index (χ1v) is 7.57. The van der Waals surface area contributed by atoms with Crippen molar-refractivity contribution in [2.24, 2.45) is 0 Å². The highest BCUT2D eigenvalue weighted by Crippen LogP contribution is 2.28. The lowest BCUT2D eigenvalue weighted by Gasteiger charge is -2.18. The fourth-order valence-corrected chi connectivity index (χ4v) is 3.72. The van der Waals surface area contributed by atoms with E-state index in [1.807, 2.05) is 29.6 Å². The first kappa shape index (κ1) is 11.9. The number of hydrogen-bond donors (Lipinski definition) is 1. The van der Waals surface area contributed by atoms with E-state index in [1.54, 1.807) is 0 Å². The molecule has 2 heterocycles. The molecule has 1 aliphatic heterocycles. The van der Waals surface area contributed by atoms with Gasteiger partial charge in [-0.3, -0.25) is 4.79 Å². The van der Waals surface area contributed by atoms with Crippen molar-refractivity contribution in [3.05, 3.63) is 50.1 Å². The molecule has 3 rings (SSSR count). The predicted octanol–water partition coefficient (Wildman–Crippen LogP) is 4.10. The molecule has 4 heteroatoms. The van der Waals surface area contributed by atoms with Crippen molar-refractivity contribution in [2.45, 2.75) is 12.8 Å². The van der Waals surface area contributed by atoms with Gasteiger partial charge in [0.25, 0.3) is 0 Å². The molecule has 92 valence electrons. The maximum Gasteiger partial charge on any atom is 0.204 e. The number of rotatable bonds is 2. The van der Waals surface area contributed by atoms with Crippen molar-refractivity contribution in [2.75, 3.05) is 11.9 Å². The van der Waals surface area contributed by atoms with Gasteiger partial charge in [0.05, 0.1) is 4.88 Å². The highest BCUT2D eigenvalue weighted by molar-refractivity contribution is 9.10. The number of carbonyl (C=O) groups is 1. The number of ketones is 1. The Morgan fingerprint density at radius 2 is 2.22 bits per heavy atom. The molecule has 2 nitrogen and oxygen atoms in total. The summed E-state index contributed by atoms with van der Waals surface area (Å²) in [6, 6.07) is 7.86. The van der Waals surface area contributed by atoms with E-state index in [2.05, 4.69) is 21.2 Å². The highest BCUT2D eigenvalue weighted by Gasteiger charge is 2.16. The smallest absolute Gasteiger partial charge is 0.204 e. The molecule has 0 unspecified atom stereocenters. The van der Waals surface area contributed by atoms with Gasteiger partial charge in [0.1, 0.15) is 0 Å². The summed E-state index contributed by atoms with van der Waals surface area (Å²) in [7, 11) is 0. The van der Waals surface area contributed by atoms with Crippen molar-refractivity contribution < 1.29 is 4.79 Å². The molecular formula is C14H12BrNOS. The second-order valence-corrected chi connectivity index (χ2v) is 6.10. The molecule has 1 aromatic heterocycles. The number of thiophene rings is 1. The molecule has 1 aliphatic rings. The minimum atomic E-state index is 0.102. The summed E-state index contributed by atoms with van der Waals surface area (Å²) in [6.07, 6.45) is 2.18. The van der Waals surface area contributed by atoms with Gasteiger partial charge < -0.3 is 5.32 Å². The maximum atomic E-state index is 12.4. The summed E-state index contributed by atoms with van der Waals surface area (Å²) in [4.78, 5) is 13.2. The molecule has 0 saturated carbocycles. The number of halogens is 1. The minimum absolute atomic E-state index is 0.102. The summed E-state index contributed by atoms with van der Waals surface area (Å²) in [5.41, 5.74) is 3.20. The number of nitrogens with one attached hydrogen (secondary N) is 1. The molecule has 1 aromatic carbocycles. The largest absolute Gasteiger partial charge is 0.385 e. The SMILES string of the molecule is O=C(c1ccc2c(c1)CCCN2)c1sccc1Br. The number of benzene rings is 1. The zero-order chi connectivity index (χ0) is 12.5. The monoisotopic (exact) mass is 321 g/mol. The zero-order valence-electron chi connectivity index (χ0n) is 9.70. The van der Waals surface area contributed by atoms with E-state index in [9.17, 15) is 4.79 Å². The summed E-state index contributed by atoms with van der Waals surface area (Å²) >= 11 is 4.89. The van der Waals surface area contributed by atoms with Gasteiger partial charge in [-0.1, -0.05) is 0 Å². The number of hydrogen-bond acceptors (Lipinski definition) is 3. The van der Waals surface area contributed by atoms with Crippen LogP contribution in [0.3, 0.4) is 0 Å². The summed E-state index contributed by atoms with van der Waals surface area (Å²) < 4.78 is 0.883. The van der Waals surface area contributed by atoms with Gasteiger partial charge in [0.2, 0.25) is 5.78 Å². The van der Waals surface area contributed by atoms with Gasteiger partial charge in [-0.15, -0.1) is 11.3 Å². The number of carbonyl (C=O) groups excluding carboxylic acids is 1. The van der Waals surface area contributed by atoms with Gasteiger partial charge in [-0.25, -0.2) is 0 Å². The second kappa shape index (κ2) is 4.86. The molecule has 0 atom stereocenters. The van der Waals surface area contributed by atoms with E-state index in [-0.39, 0.29) is 5.78 Å². The third-order valence-electron chi connectivity index (χ3n) is 3.13. The number of fused-ring (bicyclic) bond motifs is 1. The van der Waals surface area contributed by atoms with Crippen molar-refractivity contribution in [1.82, 2.24) is 0 Å². The van der Waals surface area contributed by atoms with E-state index in [4.69, 9.17) is 0 Å². The van der Waals surface area contributed by atoms with Gasteiger partial charge in [-0.2, -0.15) is 0 Å². The fraction of sp³-hybridized carbons (Fsp3) is 0.214. The molecule has 1 N–H and O–H groups in total. The maximum absolute atomic E-state index is 12.4. The molecule has 0 radical (unpaired) electrons. The van der Waals surface area contributed by atoms with Gasteiger partial charge >= 0.3 is 0 Å². The van der Waals surface area contributed by atoms with Crippen LogP contribution in [0.4, 0.5) is 5.69 Å². The van der Waals surface area contributed by atoms with Gasteiger partial charge in [0, 0.05) is 22.3 Å². The molecule has 0 amide bonds. The van der Waals surface area contributed by atoms with Crippen LogP contribution in [0.1, 0.15) is 27.2 Å². The zero-order valence-corrected chi connectivity index (χ0v) is 12.1. The predicted molar refractivity (Wildman–Crippen MR) is 78.7 cm³/mol. The standard InChI is InChI=1S/C14H12BrNOS/c15-11-5-7-18-14(11)13(17)10-3-4-12-9(8-10)2-1-6-16-12/h3-5,7-8,16H,1-2,6H2. The molecule has 2 aromatic rings. The fourth-order valence-electron chi connectivity index (χ4n) is 2.20. The topological polar surface area (TPSA) is 29.1 Å². The molecule has 0 saturated heterocycles. The third kappa shape index (κ3) is 2.10. The lowest BCUT2D eigenvalue weighted by molar-refractivity contribution is 0.104. The normalized spacial score (nSPS) is 13.8. The lowest BCUT2D eigenvalue weighted by Crippen LogP contribution is -2.12. The third-order valence-corrected chi connectivity index (χ3v) is 4.97. The quantitative estimate of drug-likeness (QED) is 0.844. The van der Waals surface area contributed by atoms with E-state index < -0.39 is 0 Å². The molecule has 0 aliphatic carbocycles. The Morgan fingerprint density at radius 1 is 1.33 bits per heavy atom. The molecule has 0 bridgehead atoms. The van der Waals surface area contributed by atoms with Crippen LogP contribution in [0.5, 0.6) is 0 Å². The summed E-state index contributed by atoms with van der Waals surface area (Å²) in [5, 5.41) is 5.28. The van der Waals surface area contributed by atoms with E-state index >= 15 is 0 Å². The second-order valence-electron chi connectivity index (χ2n) is 4.33. The highest BCUT2D eigenvalue weighted by atomic mass is 79.9. The first-order chi connectivity index (χ1) is 8.75. The summed E-state index contributed by atoms with van der Waals surface area (Å²) in [6.45, 7) is 1.02. The van der Waals surface area contributed by atoms with Crippen LogP contribution in [-0.2, 0) is 6.42 Å². The van der Waals surface area contributed by atoms with Crippen LogP contribution in [0.25, 0.3) is 0 Å². The van der Waals surface area contributed by atoms with Crippen molar-refractivity contribution in [3.63, 3.8) is 0 Å². The summed E-state index contributed by atoms with van der Waals surface area (Å²) in [5.74, 6) is 0.102. The van der Waals surface area contributed by atoms with Gasteiger partial charge in [0.15, 0.2) is 0 Å². The van der Waals surface area contributed by atoms with Crippen LogP contribution >= 0.6 is 27.3 Å². The van der Waals surface area contributed by atoms with Crippen LogP contribution < -0.4 is 5.32 Å². The van der Waals surface area contributed by atoms with Crippen LogP contribution in [0, 0.1) is 0 Å². The Kier molecular flexibility index (Phi) is 3.22. The molecular weight excluding hydrogens is 310 g/mol. The average Bonchev–Trinajstić information content (AvgIpc) is 2.83. The Morgan fingerprint density at radius 3 is 3.00 bits per heavy atom. The Hall–Kier alpha value is -1.13. The van der Waals surface area contributed by atoms with E-state index in [0.717, 1.165) is 34.3 Å². The van der Waals surface area contributed by atoms with E-state index in [0.29, 0.717) is 0 Å². The van der Waals surface area contributed by atoms with E-state index in [1.165, 1.54) is 22.6 Å². The number of aryl methyl sites for hydroxylation is 1. The first-order valence-electron chi connectivity index (χ1n) is 5.90. The van der Waals surface area contributed by atoms with Crippen molar-refractivity contribution >= 4 is 38.7 Å². The molecule has 18 heavy (non-hydrogen) atoms. The average molecular weight is 322 g/mol. The van der Waals surface area contributed by atoms with Crippen LogP contribution in [0.15, 0.2) is 34.1 Å². The Balaban J connectivity index is 1.98. The number of anilines is 1. The van der Waals surface area contributed by atoms with Crippen molar-refractivity contribution in [1.29, 1.82) is 0 Å². The molecule has 0 fully saturated rings. The Labute approximate surface area is 118 Å². The van der Waals surface area contributed by atoms with Gasteiger partial charge in [-0.05, 0) is 64.0 Å².